The number of nitrogens with zero attached hydrogens (tertiary/aromatic N) is 1. The summed E-state index contributed by atoms with van der Waals surface area (Å²) in [5, 5.41) is 3.23. The number of para-hydroxylation sites is 1. The molecule has 0 aliphatic carbocycles. The molecular weight excluding hydrogens is 400 g/mol. The van der Waals surface area contributed by atoms with E-state index in [1.807, 2.05) is 32.0 Å². The summed E-state index contributed by atoms with van der Waals surface area (Å²) in [6.45, 7) is 5.53. The summed E-state index contributed by atoms with van der Waals surface area (Å²) in [7, 11) is -2.37. The van der Waals surface area contributed by atoms with Crippen LogP contribution in [-0.4, -0.2) is 33.7 Å². The fourth-order valence-corrected chi connectivity index (χ4v) is 4.46. The smallest absolute Gasteiger partial charge is 0.248 e. The maximum absolute atomic E-state index is 13.1. The van der Waals surface area contributed by atoms with E-state index in [1.165, 1.54) is 13.2 Å². The molecule has 1 atom stereocenters. The van der Waals surface area contributed by atoms with Gasteiger partial charge in [0.2, 0.25) is 15.9 Å². The number of aryl methyl sites for hydroxylation is 2. The topological polar surface area (TPSA) is 75.7 Å². The van der Waals surface area contributed by atoms with Crippen LogP contribution in [0.1, 0.15) is 24.5 Å². The first-order valence-electron chi connectivity index (χ1n) is 8.80. The van der Waals surface area contributed by atoms with Crippen molar-refractivity contribution in [3.05, 3.63) is 52.5 Å². The third-order valence-corrected chi connectivity index (χ3v) is 5.84. The van der Waals surface area contributed by atoms with Crippen LogP contribution in [0.4, 0.5) is 11.4 Å². The average Bonchev–Trinajstić information content (AvgIpc) is 2.61. The van der Waals surface area contributed by atoms with Crippen LogP contribution >= 0.6 is 11.6 Å². The van der Waals surface area contributed by atoms with Crippen molar-refractivity contribution < 1.29 is 17.9 Å². The quantitative estimate of drug-likeness (QED) is 0.724. The Hall–Kier alpha value is -2.25. The van der Waals surface area contributed by atoms with E-state index >= 15 is 0 Å². The summed E-state index contributed by atoms with van der Waals surface area (Å²) in [6.07, 6.45) is 1.32. The van der Waals surface area contributed by atoms with Gasteiger partial charge in [-0.1, -0.05) is 36.7 Å². The number of carbonyl (C=O) groups excluding carboxylic acids is 1. The van der Waals surface area contributed by atoms with Crippen LogP contribution in [0.3, 0.4) is 0 Å². The molecular formula is C20H25ClN2O4S. The van der Waals surface area contributed by atoms with Crippen LogP contribution in [0, 0.1) is 13.8 Å². The zero-order valence-corrected chi connectivity index (χ0v) is 18.2. The number of halogens is 1. The Kier molecular flexibility index (Phi) is 6.96. The van der Waals surface area contributed by atoms with Gasteiger partial charge in [0.05, 0.1) is 19.1 Å². The van der Waals surface area contributed by atoms with Crippen molar-refractivity contribution in [2.45, 2.75) is 33.2 Å². The number of ether oxygens (including phenoxy) is 1. The molecule has 152 valence electrons. The number of rotatable bonds is 7. The number of amides is 1. The summed E-state index contributed by atoms with van der Waals surface area (Å²) >= 11 is 6.09. The SMILES string of the molecule is CCC(C(=O)Nc1c(C)cccc1C)N(c1cc(Cl)ccc1OC)S(C)(=O)=O. The van der Waals surface area contributed by atoms with E-state index in [-0.39, 0.29) is 12.1 Å². The lowest BCUT2D eigenvalue weighted by atomic mass is 10.1. The highest BCUT2D eigenvalue weighted by atomic mass is 35.5. The minimum absolute atomic E-state index is 0.223. The molecule has 0 saturated carbocycles. The summed E-state index contributed by atoms with van der Waals surface area (Å²) < 4.78 is 31.7. The van der Waals surface area contributed by atoms with Crippen LogP contribution in [0.15, 0.2) is 36.4 Å². The van der Waals surface area contributed by atoms with Crippen molar-refractivity contribution in [1.29, 1.82) is 0 Å². The van der Waals surface area contributed by atoms with E-state index in [1.54, 1.807) is 19.1 Å². The zero-order valence-electron chi connectivity index (χ0n) is 16.6. The molecule has 0 aliphatic heterocycles. The molecule has 0 aromatic heterocycles. The first kappa shape index (κ1) is 22.0. The number of sulfonamides is 1. The lowest BCUT2D eigenvalue weighted by molar-refractivity contribution is -0.117. The maximum Gasteiger partial charge on any atom is 0.248 e. The van der Waals surface area contributed by atoms with Crippen LogP contribution in [0.2, 0.25) is 5.02 Å². The van der Waals surface area contributed by atoms with Crippen molar-refractivity contribution in [2.24, 2.45) is 0 Å². The summed E-state index contributed by atoms with van der Waals surface area (Å²) in [6, 6.07) is 9.36. The maximum atomic E-state index is 13.1. The van der Waals surface area contributed by atoms with Gasteiger partial charge in [-0.15, -0.1) is 0 Å². The van der Waals surface area contributed by atoms with Gasteiger partial charge in [0.25, 0.3) is 0 Å². The molecule has 0 heterocycles. The van der Waals surface area contributed by atoms with Gasteiger partial charge in [-0.25, -0.2) is 8.42 Å². The van der Waals surface area contributed by atoms with Crippen LogP contribution < -0.4 is 14.4 Å². The Bertz CT molecular complexity index is 956. The number of nitrogens with one attached hydrogen (secondary N) is 1. The van der Waals surface area contributed by atoms with Gasteiger partial charge in [0.15, 0.2) is 0 Å². The molecule has 8 heteroatoms. The Balaban J connectivity index is 2.53. The predicted octanol–water partition coefficient (Wildman–Crippen LogP) is 4.15. The second kappa shape index (κ2) is 8.84. The molecule has 0 bridgehead atoms. The zero-order chi connectivity index (χ0) is 21.1. The number of carbonyl (C=O) groups is 1. The standard InChI is InChI=1S/C20H25ClN2O4S/c1-6-16(20(24)22-19-13(2)8-7-9-14(19)3)23(28(5,25)26)17-12-15(21)10-11-18(17)27-4/h7-12,16H,6H2,1-5H3,(H,22,24). The second-order valence-corrected chi connectivity index (χ2v) is 8.85. The van der Waals surface area contributed by atoms with Crippen molar-refractivity contribution in [2.75, 3.05) is 23.0 Å². The third-order valence-electron chi connectivity index (χ3n) is 4.44. The van der Waals surface area contributed by atoms with Crippen LogP contribution in [0.5, 0.6) is 5.75 Å². The van der Waals surface area contributed by atoms with Crippen molar-refractivity contribution in [3.8, 4) is 5.75 Å². The molecule has 2 aromatic rings. The minimum Gasteiger partial charge on any atom is -0.495 e. The molecule has 2 rings (SSSR count). The van der Waals surface area contributed by atoms with E-state index in [0.29, 0.717) is 16.5 Å². The third kappa shape index (κ3) is 4.77. The van der Waals surface area contributed by atoms with Crippen molar-refractivity contribution in [3.63, 3.8) is 0 Å². The van der Waals surface area contributed by atoms with Crippen LogP contribution in [0.25, 0.3) is 0 Å². The first-order valence-corrected chi connectivity index (χ1v) is 11.0. The lowest BCUT2D eigenvalue weighted by Gasteiger charge is -2.31. The molecule has 0 spiro atoms. The number of benzene rings is 2. The Morgan fingerprint density at radius 1 is 1.21 bits per heavy atom. The Labute approximate surface area is 171 Å². The monoisotopic (exact) mass is 424 g/mol. The molecule has 28 heavy (non-hydrogen) atoms. The molecule has 0 radical (unpaired) electrons. The highest BCUT2D eigenvalue weighted by molar-refractivity contribution is 7.92. The van der Waals surface area contributed by atoms with Gasteiger partial charge in [0.1, 0.15) is 11.8 Å². The van der Waals surface area contributed by atoms with Crippen LogP contribution in [-0.2, 0) is 14.8 Å². The molecule has 0 saturated heterocycles. The summed E-state index contributed by atoms with van der Waals surface area (Å²) in [4.78, 5) is 13.1. The van der Waals surface area contributed by atoms with Gasteiger partial charge in [-0.05, 0) is 49.6 Å². The van der Waals surface area contributed by atoms with Gasteiger partial charge in [-0.2, -0.15) is 0 Å². The fraction of sp³-hybridized carbons (Fsp3) is 0.350. The first-order chi connectivity index (χ1) is 13.1. The molecule has 2 aromatic carbocycles. The molecule has 0 fully saturated rings. The second-order valence-electron chi connectivity index (χ2n) is 6.56. The van der Waals surface area contributed by atoms with E-state index in [9.17, 15) is 13.2 Å². The van der Waals surface area contributed by atoms with E-state index in [2.05, 4.69) is 5.32 Å². The normalized spacial score (nSPS) is 12.4. The Morgan fingerprint density at radius 2 is 1.82 bits per heavy atom. The van der Waals surface area contributed by atoms with Gasteiger partial charge in [0, 0.05) is 10.7 Å². The van der Waals surface area contributed by atoms with E-state index < -0.39 is 22.0 Å². The fourth-order valence-electron chi connectivity index (χ4n) is 3.09. The predicted molar refractivity (Wildman–Crippen MR) is 114 cm³/mol. The summed E-state index contributed by atoms with van der Waals surface area (Å²) in [5.74, 6) is -0.111. The molecule has 1 amide bonds. The van der Waals surface area contributed by atoms with Crippen molar-refractivity contribution >= 4 is 38.9 Å². The average molecular weight is 425 g/mol. The molecule has 1 unspecified atom stereocenters. The highest BCUT2D eigenvalue weighted by Gasteiger charge is 2.34. The van der Waals surface area contributed by atoms with Gasteiger partial charge < -0.3 is 10.1 Å². The van der Waals surface area contributed by atoms with E-state index in [0.717, 1.165) is 21.7 Å². The minimum atomic E-state index is -3.80. The number of methoxy groups -OCH3 is 1. The molecule has 0 aliphatic rings. The molecule has 1 N–H and O–H groups in total. The van der Waals surface area contributed by atoms with E-state index in [4.69, 9.17) is 16.3 Å². The molecule has 6 nitrogen and oxygen atoms in total. The number of anilines is 2. The Morgan fingerprint density at radius 3 is 2.32 bits per heavy atom. The van der Waals surface area contributed by atoms with Gasteiger partial charge >= 0.3 is 0 Å². The largest absolute Gasteiger partial charge is 0.495 e. The number of hydrogen-bond acceptors (Lipinski definition) is 4. The summed E-state index contributed by atoms with van der Waals surface area (Å²) in [5.41, 5.74) is 2.70. The highest BCUT2D eigenvalue weighted by Crippen LogP contribution is 2.35. The van der Waals surface area contributed by atoms with Gasteiger partial charge in [-0.3, -0.25) is 9.10 Å². The number of hydrogen-bond donors (Lipinski definition) is 1. The van der Waals surface area contributed by atoms with Crippen molar-refractivity contribution in [1.82, 2.24) is 0 Å². The lowest BCUT2D eigenvalue weighted by Crippen LogP contribution is -2.47.